The maximum Gasteiger partial charge on any atom is 0.416 e. The molecule has 0 amide bonds. The highest BCUT2D eigenvalue weighted by Gasteiger charge is 2.48. The first kappa shape index (κ1) is 18.2. The number of hydrogen-bond acceptors (Lipinski definition) is 4. The molecule has 2 aromatic rings. The van der Waals surface area contributed by atoms with Gasteiger partial charge in [-0.2, -0.15) is 13.2 Å². The topological polar surface area (TPSA) is 73.7 Å². The Balaban J connectivity index is 1.95. The summed E-state index contributed by atoms with van der Waals surface area (Å²) in [4.78, 5) is 17.6. The molecule has 2 unspecified atom stereocenters. The number of aromatic nitrogens is 1. The summed E-state index contributed by atoms with van der Waals surface area (Å²) in [6.45, 7) is 0.215. The molecule has 1 aliphatic heterocycles. The van der Waals surface area contributed by atoms with Gasteiger partial charge in [-0.15, -0.1) is 0 Å². The molecule has 1 saturated heterocycles. The fourth-order valence-electron chi connectivity index (χ4n) is 3.28. The maximum absolute atomic E-state index is 13.0. The number of piperidine rings is 1. The second kappa shape index (κ2) is 6.60. The zero-order valence-electron chi connectivity index (χ0n) is 13.6. The van der Waals surface area contributed by atoms with E-state index in [0.29, 0.717) is 5.82 Å². The van der Waals surface area contributed by atoms with E-state index in [1.807, 2.05) is 0 Å². The van der Waals surface area contributed by atoms with Gasteiger partial charge < -0.3 is 15.1 Å². The predicted octanol–water partition coefficient (Wildman–Crippen LogP) is 2.90. The van der Waals surface area contributed by atoms with E-state index in [9.17, 15) is 28.2 Å². The summed E-state index contributed by atoms with van der Waals surface area (Å²) in [5.41, 5.74) is -2.85. The van der Waals surface area contributed by atoms with E-state index in [4.69, 9.17) is 0 Å². The second-order valence-electron chi connectivity index (χ2n) is 6.28. The fraction of sp³-hybridized carbons (Fsp3) is 0.333. The van der Waals surface area contributed by atoms with Crippen molar-refractivity contribution >= 4 is 11.8 Å². The number of aliphatic carboxylic acids is 1. The van der Waals surface area contributed by atoms with Crippen LogP contribution >= 0.6 is 0 Å². The van der Waals surface area contributed by atoms with Gasteiger partial charge in [-0.25, -0.2) is 4.98 Å². The van der Waals surface area contributed by atoms with Crippen molar-refractivity contribution in [1.82, 2.24) is 4.98 Å². The Morgan fingerprint density at radius 1 is 1.23 bits per heavy atom. The summed E-state index contributed by atoms with van der Waals surface area (Å²) in [6, 6.07) is 9.43. The van der Waals surface area contributed by atoms with E-state index in [0.717, 1.165) is 12.1 Å². The minimum Gasteiger partial charge on any atom is -0.481 e. The zero-order valence-corrected chi connectivity index (χ0v) is 13.6. The number of benzene rings is 1. The van der Waals surface area contributed by atoms with E-state index in [2.05, 4.69) is 4.98 Å². The van der Waals surface area contributed by atoms with Gasteiger partial charge in [0, 0.05) is 19.3 Å². The summed E-state index contributed by atoms with van der Waals surface area (Å²) < 4.78 is 39.0. The minimum atomic E-state index is -4.57. The Morgan fingerprint density at radius 2 is 2.00 bits per heavy atom. The van der Waals surface area contributed by atoms with Crippen molar-refractivity contribution in [2.45, 2.75) is 18.2 Å². The Labute approximate surface area is 147 Å². The van der Waals surface area contributed by atoms with Gasteiger partial charge in [0.25, 0.3) is 0 Å². The highest BCUT2D eigenvalue weighted by atomic mass is 19.4. The molecule has 2 N–H and O–H groups in total. The molecule has 0 bridgehead atoms. The molecule has 8 heteroatoms. The first-order valence-electron chi connectivity index (χ1n) is 8.01. The van der Waals surface area contributed by atoms with Crippen LogP contribution in [0.5, 0.6) is 0 Å². The number of hydrogen-bond donors (Lipinski definition) is 2. The average Bonchev–Trinajstić information content (AvgIpc) is 2.62. The van der Waals surface area contributed by atoms with Crippen LogP contribution in [0, 0.1) is 5.92 Å². The van der Waals surface area contributed by atoms with Gasteiger partial charge in [0.2, 0.25) is 0 Å². The average molecular weight is 366 g/mol. The van der Waals surface area contributed by atoms with Crippen LogP contribution in [0.3, 0.4) is 0 Å². The third kappa shape index (κ3) is 3.37. The number of carboxylic acids is 1. The molecule has 1 aromatic carbocycles. The standard InChI is InChI=1S/C18H17F3N2O3/c19-18(20,21)13-5-3-4-12(10-13)17(26)7-9-23(11-14(17)16(24)25)15-6-1-2-8-22-15/h1-6,8,10,14,26H,7,9,11H2,(H,24,25). The number of nitrogens with zero attached hydrogens (tertiary/aromatic N) is 2. The molecule has 2 heterocycles. The molecule has 1 aromatic heterocycles. The van der Waals surface area contributed by atoms with E-state index in [-0.39, 0.29) is 25.1 Å². The van der Waals surface area contributed by atoms with Gasteiger partial charge in [0.1, 0.15) is 17.3 Å². The third-order valence-corrected chi connectivity index (χ3v) is 4.70. The molecule has 0 spiro atoms. The van der Waals surface area contributed by atoms with Crippen LogP contribution in [0.15, 0.2) is 48.7 Å². The molecule has 3 rings (SSSR count). The fourth-order valence-corrected chi connectivity index (χ4v) is 3.28. The normalized spacial score (nSPS) is 23.7. The van der Waals surface area contributed by atoms with Gasteiger partial charge in [0.15, 0.2) is 0 Å². The summed E-state index contributed by atoms with van der Waals surface area (Å²) >= 11 is 0. The lowest BCUT2D eigenvalue weighted by atomic mass is 9.75. The zero-order chi connectivity index (χ0) is 18.9. The molecule has 26 heavy (non-hydrogen) atoms. The summed E-state index contributed by atoms with van der Waals surface area (Å²) in [5, 5.41) is 20.6. The lowest BCUT2D eigenvalue weighted by Gasteiger charge is -2.43. The number of carbonyl (C=O) groups is 1. The van der Waals surface area contributed by atoms with Crippen LogP contribution in [0.2, 0.25) is 0 Å². The van der Waals surface area contributed by atoms with E-state index in [1.165, 1.54) is 12.1 Å². The number of pyridine rings is 1. The summed E-state index contributed by atoms with van der Waals surface area (Å²) in [5.74, 6) is -2.00. The van der Waals surface area contributed by atoms with Gasteiger partial charge >= 0.3 is 12.1 Å². The Hall–Kier alpha value is -2.61. The molecule has 2 atom stereocenters. The van der Waals surface area contributed by atoms with Gasteiger partial charge in [0.05, 0.1) is 5.56 Å². The van der Waals surface area contributed by atoms with Crippen LogP contribution in [0.1, 0.15) is 17.5 Å². The van der Waals surface area contributed by atoms with Gasteiger partial charge in [-0.05, 0) is 36.2 Å². The van der Waals surface area contributed by atoms with Crippen molar-refractivity contribution in [2.24, 2.45) is 5.92 Å². The van der Waals surface area contributed by atoms with Crippen molar-refractivity contribution in [3.8, 4) is 0 Å². The SMILES string of the molecule is O=C(O)C1CN(c2ccccn2)CCC1(O)c1cccc(C(F)(F)F)c1. The predicted molar refractivity (Wildman–Crippen MR) is 87.5 cm³/mol. The number of rotatable bonds is 3. The molecular formula is C18H17F3N2O3. The van der Waals surface area contributed by atoms with Crippen molar-refractivity contribution < 1.29 is 28.2 Å². The van der Waals surface area contributed by atoms with E-state index >= 15 is 0 Å². The first-order valence-corrected chi connectivity index (χ1v) is 8.01. The molecular weight excluding hydrogens is 349 g/mol. The molecule has 0 aliphatic carbocycles. The molecule has 0 radical (unpaired) electrons. The molecule has 1 aliphatic rings. The largest absolute Gasteiger partial charge is 0.481 e. The summed E-state index contributed by atoms with van der Waals surface area (Å²) in [7, 11) is 0. The van der Waals surface area contributed by atoms with Crippen LogP contribution in [0.4, 0.5) is 19.0 Å². The highest BCUT2D eigenvalue weighted by Crippen LogP contribution is 2.40. The monoisotopic (exact) mass is 366 g/mol. The summed E-state index contributed by atoms with van der Waals surface area (Å²) in [6.07, 6.45) is -3.03. The molecule has 1 fully saturated rings. The van der Waals surface area contributed by atoms with Crippen molar-refractivity contribution in [1.29, 1.82) is 0 Å². The Kier molecular flexibility index (Phi) is 4.62. The first-order chi connectivity index (χ1) is 12.2. The quantitative estimate of drug-likeness (QED) is 0.874. The van der Waals surface area contributed by atoms with Crippen LogP contribution < -0.4 is 4.90 Å². The number of carboxylic acid groups (broad SMARTS) is 1. The molecule has 138 valence electrons. The van der Waals surface area contributed by atoms with Crippen molar-refractivity contribution in [3.05, 3.63) is 59.8 Å². The van der Waals surface area contributed by atoms with Crippen LogP contribution in [-0.4, -0.2) is 34.3 Å². The van der Waals surface area contributed by atoms with Gasteiger partial charge in [-0.3, -0.25) is 4.79 Å². The molecule has 0 saturated carbocycles. The van der Waals surface area contributed by atoms with Crippen molar-refractivity contribution in [3.63, 3.8) is 0 Å². The van der Waals surface area contributed by atoms with Crippen molar-refractivity contribution in [2.75, 3.05) is 18.0 Å². The smallest absolute Gasteiger partial charge is 0.416 e. The van der Waals surface area contributed by atoms with Gasteiger partial charge in [-0.1, -0.05) is 18.2 Å². The van der Waals surface area contributed by atoms with E-state index in [1.54, 1.807) is 29.3 Å². The number of aliphatic hydroxyl groups is 1. The van der Waals surface area contributed by atoms with Crippen LogP contribution in [0.25, 0.3) is 0 Å². The minimum absolute atomic E-state index is 0.0259. The van der Waals surface area contributed by atoms with E-state index < -0.39 is 29.2 Å². The molecule has 5 nitrogen and oxygen atoms in total. The highest BCUT2D eigenvalue weighted by molar-refractivity contribution is 5.73. The number of anilines is 1. The maximum atomic E-state index is 13.0. The van der Waals surface area contributed by atoms with Crippen LogP contribution in [-0.2, 0) is 16.6 Å². The number of halogens is 3. The lowest BCUT2D eigenvalue weighted by Crippen LogP contribution is -2.53. The number of alkyl halides is 3. The lowest BCUT2D eigenvalue weighted by molar-refractivity contribution is -0.154. The Morgan fingerprint density at radius 3 is 2.62 bits per heavy atom. The Bertz CT molecular complexity index is 798. The second-order valence-corrected chi connectivity index (χ2v) is 6.28. The third-order valence-electron chi connectivity index (χ3n) is 4.70.